The lowest BCUT2D eigenvalue weighted by Crippen LogP contribution is -2.50. The van der Waals surface area contributed by atoms with Crippen molar-refractivity contribution in [2.24, 2.45) is 0 Å². The molecule has 0 spiro atoms. The van der Waals surface area contributed by atoms with Gasteiger partial charge in [0.2, 0.25) is 0 Å². The Morgan fingerprint density at radius 2 is 1.79 bits per heavy atom. The van der Waals surface area contributed by atoms with Crippen molar-refractivity contribution in [1.82, 2.24) is 19.7 Å². The van der Waals surface area contributed by atoms with Crippen LogP contribution in [0.2, 0.25) is 0 Å². The van der Waals surface area contributed by atoms with Gasteiger partial charge < -0.3 is 5.32 Å². The number of piperidine rings is 1. The third-order valence-corrected chi connectivity index (χ3v) is 7.14. The Bertz CT molecular complexity index is 1120. The minimum Gasteiger partial charge on any atom is -0.378 e. The molecule has 3 aromatic rings. The fourth-order valence-corrected chi connectivity index (χ4v) is 5.20. The van der Waals surface area contributed by atoms with Gasteiger partial charge in [-0.1, -0.05) is 12.8 Å². The van der Waals surface area contributed by atoms with Crippen LogP contribution in [0.1, 0.15) is 43.2 Å². The van der Waals surface area contributed by atoms with Crippen LogP contribution in [0.3, 0.4) is 0 Å². The van der Waals surface area contributed by atoms with Crippen LogP contribution in [0.15, 0.2) is 43.0 Å². The molecular weight excluding hydrogens is 420 g/mol. The van der Waals surface area contributed by atoms with Crippen molar-refractivity contribution < 1.29 is 8.78 Å². The van der Waals surface area contributed by atoms with Crippen LogP contribution in [-0.2, 0) is 0 Å². The Morgan fingerprint density at radius 1 is 0.970 bits per heavy atom. The van der Waals surface area contributed by atoms with Gasteiger partial charge in [-0.2, -0.15) is 5.10 Å². The van der Waals surface area contributed by atoms with Gasteiger partial charge in [0.1, 0.15) is 12.0 Å². The van der Waals surface area contributed by atoms with Crippen LogP contribution >= 0.6 is 0 Å². The Labute approximate surface area is 193 Å². The van der Waals surface area contributed by atoms with Gasteiger partial charge in [-0.3, -0.25) is 9.88 Å². The third kappa shape index (κ3) is 4.64. The topological polar surface area (TPSA) is 46.0 Å². The molecule has 0 radical (unpaired) electrons. The largest absolute Gasteiger partial charge is 0.378 e. The number of hydrogen-bond acceptors (Lipinski definition) is 4. The van der Waals surface area contributed by atoms with E-state index in [2.05, 4.69) is 20.3 Å². The standard InChI is InChI=1S/C26H31F2N5/c1-17-10-26(18(2)9-23(17)27)33-15-20(13-30-33)19-11-21(14-29-12-19)31-25-7-8-32(16-24(25)28)22-5-3-4-6-22/h9-15,22,24-25,31H,3-8,16H2,1-2H3. The molecular formula is C26H31F2N5. The summed E-state index contributed by atoms with van der Waals surface area (Å²) in [4.78, 5) is 6.72. The highest BCUT2D eigenvalue weighted by molar-refractivity contribution is 5.66. The molecule has 2 unspecified atom stereocenters. The highest BCUT2D eigenvalue weighted by Crippen LogP contribution is 2.29. The highest BCUT2D eigenvalue weighted by atomic mass is 19.1. The number of nitrogens with zero attached hydrogens (tertiary/aromatic N) is 4. The number of nitrogens with one attached hydrogen (secondary N) is 1. The molecule has 2 aromatic heterocycles. The summed E-state index contributed by atoms with van der Waals surface area (Å²) in [5.41, 5.74) is 4.87. The zero-order valence-corrected chi connectivity index (χ0v) is 19.3. The Balaban J connectivity index is 1.29. The van der Waals surface area contributed by atoms with E-state index in [0.29, 0.717) is 18.2 Å². The number of alkyl halides is 1. The van der Waals surface area contributed by atoms with Crippen LogP contribution in [0.25, 0.3) is 16.8 Å². The molecule has 33 heavy (non-hydrogen) atoms. The predicted octanol–water partition coefficient (Wildman–Crippen LogP) is 5.46. The molecule has 5 rings (SSSR count). The van der Waals surface area contributed by atoms with E-state index in [9.17, 15) is 8.78 Å². The molecule has 1 aromatic carbocycles. The van der Waals surface area contributed by atoms with Gasteiger partial charge in [0.25, 0.3) is 0 Å². The summed E-state index contributed by atoms with van der Waals surface area (Å²) < 4.78 is 30.6. The van der Waals surface area contributed by atoms with Gasteiger partial charge in [-0.05, 0) is 62.4 Å². The molecule has 0 bridgehead atoms. The predicted molar refractivity (Wildman–Crippen MR) is 127 cm³/mol. The van der Waals surface area contributed by atoms with Crippen molar-refractivity contribution in [1.29, 1.82) is 0 Å². The fourth-order valence-electron chi connectivity index (χ4n) is 5.20. The van der Waals surface area contributed by atoms with Crippen LogP contribution < -0.4 is 5.32 Å². The van der Waals surface area contributed by atoms with E-state index in [-0.39, 0.29) is 11.9 Å². The number of pyridine rings is 1. The summed E-state index contributed by atoms with van der Waals surface area (Å²) in [6.07, 6.45) is 12.1. The van der Waals surface area contributed by atoms with Gasteiger partial charge in [0, 0.05) is 48.8 Å². The Hall–Kier alpha value is -2.80. The van der Waals surface area contributed by atoms with E-state index >= 15 is 0 Å². The molecule has 1 saturated carbocycles. The molecule has 1 aliphatic heterocycles. The molecule has 0 amide bonds. The average molecular weight is 452 g/mol. The van der Waals surface area contributed by atoms with Gasteiger partial charge >= 0.3 is 0 Å². The van der Waals surface area contributed by atoms with Crippen molar-refractivity contribution >= 4 is 5.69 Å². The Morgan fingerprint density at radius 3 is 2.58 bits per heavy atom. The van der Waals surface area contributed by atoms with Crippen molar-refractivity contribution in [2.75, 3.05) is 18.4 Å². The monoisotopic (exact) mass is 451 g/mol. The quantitative estimate of drug-likeness (QED) is 0.560. The SMILES string of the molecule is Cc1cc(-n2cc(-c3cncc(NC4CCN(C5CCCC5)CC4F)c3)cn2)c(C)cc1F. The van der Waals surface area contributed by atoms with Crippen molar-refractivity contribution in [3.63, 3.8) is 0 Å². The smallest absolute Gasteiger partial charge is 0.133 e. The van der Waals surface area contributed by atoms with Gasteiger partial charge in [0.05, 0.1) is 23.6 Å². The van der Waals surface area contributed by atoms with E-state index in [1.54, 1.807) is 36.3 Å². The number of hydrogen-bond donors (Lipinski definition) is 1. The maximum absolute atomic E-state index is 15.0. The molecule has 3 heterocycles. The molecule has 2 fully saturated rings. The summed E-state index contributed by atoms with van der Waals surface area (Å²) in [5, 5.41) is 7.86. The van der Waals surface area contributed by atoms with Crippen LogP contribution in [0, 0.1) is 19.7 Å². The van der Waals surface area contributed by atoms with E-state index in [0.717, 1.165) is 41.0 Å². The zero-order chi connectivity index (χ0) is 22.9. The second-order valence-electron chi connectivity index (χ2n) is 9.51. The number of anilines is 1. The lowest BCUT2D eigenvalue weighted by Gasteiger charge is -2.38. The van der Waals surface area contributed by atoms with Gasteiger partial charge in [0.15, 0.2) is 0 Å². The first-order valence-electron chi connectivity index (χ1n) is 11.9. The minimum atomic E-state index is -0.893. The van der Waals surface area contributed by atoms with Gasteiger partial charge in [-0.15, -0.1) is 0 Å². The van der Waals surface area contributed by atoms with Gasteiger partial charge in [-0.25, -0.2) is 13.5 Å². The molecule has 7 heteroatoms. The average Bonchev–Trinajstić information content (AvgIpc) is 3.51. The summed E-state index contributed by atoms with van der Waals surface area (Å²) in [6, 6.07) is 5.69. The number of rotatable bonds is 5. The lowest BCUT2D eigenvalue weighted by atomic mass is 10.00. The van der Waals surface area contributed by atoms with Crippen molar-refractivity contribution in [3.8, 4) is 16.8 Å². The van der Waals surface area contributed by atoms with E-state index in [1.807, 2.05) is 19.2 Å². The summed E-state index contributed by atoms with van der Waals surface area (Å²) in [6.45, 7) is 5.08. The summed E-state index contributed by atoms with van der Waals surface area (Å²) in [7, 11) is 0. The molecule has 174 valence electrons. The van der Waals surface area contributed by atoms with Crippen LogP contribution in [0.5, 0.6) is 0 Å². The first-order chi connectivity index (χ1) is 16.0. The second-order valence-corrected chi connectivity index (χ2v) is 9.51. The number of aromatic nitrogens is 3. The normalized spacial score (nSPS) is 22.1. The summed E-state index contributed by atoms with van der Waals surface area (Å²) >= 11 is 0. The maximum atomic E-state index is 15.0. The molecule has 1 N–H and O–H groups in total. The lowest BCUT2D eigenvalue weighted by molar-refractivity contribution is 0.0912. The first kappa shape index (κ1) is 22.0. The van der Waals surface area contributed by atoms with E-state index in [4.69, 9.17) is 0 Å². The molecule has 1 aliphatic carbocycles. The molecule has 2 aliphatic rings. The van der Waals surface area contributed by atoms with Crippen LogP contribution in [0.4, 0.5) is 14.5 Å². The third-order valence-electron chi connectivity index (χ3n) is 7.14. The number of likely N-dealkylation sites (tertiary alicyclic amines) is 1. The molecule has 5 nitrogen and oxygen atoms in total. The van der Waals surface area contributed by atoms with E-state index in [1.165, 1.54) is 31.7 Å². The molecule has 1 saturated heterocycles. The van der Waals surface area contributed by atoms with Crippen LogP contribution in [-0.4, -0.2) is 51.0 Å². The first-order valence-corrected chi connectivity index (χ1v) is 11.9. The Kier molecular flexibility index (Phi) is 6.15. The number of benzene rings is 1. The zero-order valence-electron chi connectivity index (χ0n) is 19.3. The minimum absolute atomic E-state index is 0.202. The van der Waals surface area contributed by atoms with E-state index < -0.39 is 6.17 Å². The van der Waals surface area contributed by atoms with Crippen molar-refractivity contribution in [2.45, 2.75) is 64.2 Å². The second kappa shape index (κ2) is 9.21. The maximum Gasteiger partial charge on any atom is 0.133 e. The highest BCUT2D eigenvalue weighted by Gasteiger charge is 2.33. The fraction of sp³-hybridized carbons (Fsp3) is 0.462. The summed E-state index contributed by atoms with van der Waals surface area (Å²) in [5.74, 6) is -0.216. The van der Waals surface area contributed by atoms with Crippen molar-refractivity contribution in [3.05, 3.63) is 59.9 Å². The molecule has 2 atom stereocenters. The number of halogens is 2. The number of aryl methyl sites for hydroxylation is 2.